The van der Waals surface area contributed by atoms with Crippen LogP contribution in [0, 0.1) is 11.3 Å². The first-order valence-corrected chi connectivity index (χ1v) is 7.63. The Balaban J connectivity index is 2.41. The van der Waals surface area contributed by atoms with Crippen molar-refractivity contribution in [1.82, 2.24) is 0 Å². The second-order valence-corrected chi connectivity index (χ2v) is 7.29. The zero-order chi connectivity index (χ0) is 13.6. The third-order valence-electron chi connectivity index (χ3n) is 3.39. The van der Waals surface area contributed by atoms with E-state index in [-0.39, 0.29) is 5.75 Å². The van der Waals surface area contributed by atoms with E-state index in [0.29, 0.717) is 5.02 Å². The molecule has 3 atom stereocenters. The van der Waals surface area contributed by atoms with Gasteiger partial charge in [-0.1, -0.05) is 30.7 Å². The first kappa shape index (κ1) is 13.3. The third kappa shape index (κ3) is 1.91. The SMILES string of the molecule is CCS(=O)(=O)[C@H]1[C@H](c2ccc(Cl)cc2)[C@@]1(N)C#N. The first-order valence-electron chi connectivity index (χ1n) is 5.54. The zero-order valence-electron chi connectivity index (χ0n) is 9.80. The average Bonchev–Trinajstić information content (AvgIpc) is 2.98. The molecule has 1 saturated carbocycles. The van der Waals surface area contributed by atoms with E-state index in [9.17, 15) is 8.42 Å². The lowest BCUT2D eigenvalue weighted by Gasteiger charge is -2.00. The number of nitrogens with two attached hydrogens (primary N) is 1. The molecule has 0 amide bonds. The Morgan fingerprint density at radius 2 is 2.00 bits per heavy atom. The summed E-state index contributed by atoms with van der Waals surface area (Å²) in [4.78, 5) is 0. The summed E-state index contributed by atoms with van der Waals surface area (Å²) in [5.41, 5.74) is 5.32. The highest BCUT2D eigenvalue weighted by Crippen LogP contribution is 2.53. The first-order chi connectivity index (χ1) is 8.36. The van der Waals surface area contributed by atoms with Crippen molar-refractivity contribution >= 4 is 21.4 Å². The van der Waals surface area contributed by atoms with Gasteiger partial charge in [-0.25, -0.2) is 8.42 Å². The fraction of sp³-hybridized carbons (Fsp3) is 0.417. The minimum atomic E-state index is -3.33. The minimum Gasteiger partial charge on any atom is -0.312 e. The predicted octanol–water partition coefficient (Wildman–Crippen LogP) is 1.46. The molecule has 0 radical (unpaired) electrons. The Hall–Kier alpha value is -1.09. The normalized spacial score (nSPS) is 30.8. The fourth-order valence-corrected chi connectivity index (χ4v) is 4.31. The standard InChI is InChI=1S/C12H13ClN2O2S/c1-2-18(16,17)11-10(12(11,15)7-14)8-3-5-9(13)6-4-8/h3-6,10-11H,2,15H2,1H3/t10-,11-,12-/m0/s1. The molecule has 96 valence electrons. The summed E-state index contributed by atoms with van der Waals surface area (Å²) in [5.74, 6) is -0.479. The summed E-state index contributed by atoms with van der Waals surface area (Å²) >= 11 is 5.78. The van der Waals surface area contributed by atoms with Gasteiger partial charge < -0.3 is 5.73 Å². The van der Waals surface area contributed by atoms with Gasteiger partial charge in [0.25, 0.3) is 0 Å². The Morgan fingerprint density at radius 3 is 2.44 bits per heavy atom. The van der Waals surface area contributed by atoms with Gasteiger partial charge in [-0.3, -0.25) is 0 Å². The van der Waals surface area contributed by atoms with Gasteiger partial charge in [0.05, 0.1) is 6.07 Å². The van der Waals surface area contributed by atoms with Crippen molar-refractivity contribution < 1.29 is 8.42 Å². The van der Waals surface area contributed by atoms with E-state index in [2.05, 4.69) is 0 Å². The molecule has 0 saturated heterocycles. The van der Waals surface area contributed by atoms with Crippen molar-refractivity contribution in [3.05, 3.63) is 34.9 Å². The summed E-state index contributed by atoms with van der Waals surface area (Å²) in [6.45, 7) is 1.56. The van der Waals surface area contributed by atoms with Gasteiger partial charge in [-0.15, -0.1) is 0 Å². The maximum atomic E-state index is 11.9. The minimum absolute atomic E-state index is 0.0115. The highest BCUT2D eigenvalue weighted by Gasteiger charge is 2.69. The van der Waals surface area contributed by atoms with Crippen LogP contribution in [0.15, 0.2) is 24.3 Å². The van der Waals surface area contributed by atoms with Crippen LogP contribution in [0.5, 0.6) is 0 Å². The summed E-state index contributed by atoms with van der Waals surface area (Å²) in [5, 5.41) is 8.86. The number of hydrogen-bond acceptors (Lipinski definition) is 4. The lowest BCUT2D eigenvalue weighted by atomic mass is 10.1. The molecule has 2 N–H and O–H groups in total. The molecule has 0 heterocycles. The van der Waals surface area contributed by atoms with Crippen molar-refractivity contribution in [3.8, 4) is 6.07 Å². The van der Waals surface area contributed by atoms with Crippen LogP contribution in [0.3, 0.4) is 0 Å². The van der Waals surface area contributed by atoms with Crippen molar-refractivity contribution in [2.45, 2.75) is 23.6 Å². The summed E-state index contributed by atoms with van der Waals surface area (Å²) in [6.07, 6.45) is 0. The molecule has 2 rings (SSSR count). The Morgan fingerprint density at radius 1 is 1.44 bits per heavy atom. The quantitative estimate of drug-likeness (QED) is 0.911. The van der Waals surface area contributed by atoms with Gasteiger partial charge in [0.15, 0.2) is 9.84 Å². The van der Waals surface area contributed by atoms with Crippen LogP contribution in [0.1, 0.15) is 18.4 Å². The van der Waals surface area contributed by atoms with E-state index in [4.69, 9.17) is 22.6 Å². The Bertz CT molecular complexity index is 606. The number of nitrogens with zero attached hydrogens (tertiary/aromatic N) is 1. The van der Waals surface area contributed by atoms with Crippen LogP contribution in [-0.2, 0) is 9.84 Å². The molecule has 4 nitrogen and oxygen atoms in total. The number of nitriles is 1. The van der Waals surface area contributed by atoms with Crippen LogP contribution < -0.4 is 5.73 Å². The molecule has 1 aromatic carbocycles. The maximum absolute atomic E-state index is 11.9. The highest BCUT2D eigenvalue weighted by molar-refractivity contribution is 7.92. The molecule has 18 heavy (non-hydrogen) atoms. The summed E-state index contributed by atoms with van der Waals surface area (Å²) in [7, 11) is -3.33. The van der Waals surface area contributed by atoms with E-state index < -0.39 is 26.5 Å². The van der Waals surface area contributed by atoms with E-state index in [1.807, 2.05) is 6.07 Å². The average molecular weight is 285 g/mol. The van der Waals surface area contributed by atoms with Gasteiger partial charge >= 0.3 is 0 Å². The van der Waals surface area contributed by atoms with E-state index in [1.54, 1.807) is 31.2 Å². The molecule has 6 heteroatoms. The largest absolute Gasteiger partial charge is 0.312 e. The summed E-state index contributed by atoms with van der Waals surface area (Å²) in [6, 6.07) is 8.71. The molecular weight excluding hydrogens is 272 g/mol. The molecule has 0 bridgehead atoms. The van der Waals surface area contributed by atoms with E-state index >= 15 is 0 Å². The molecular formula is C12H13ClN2O2S. The van der Waals surface area contributed by atoms with Gasteiger partial charge in [-0.2, -0.15) is 5.26 Å². The van der Waals surface area contributed by atoms with E-state index in [1.165, 1.54) is 0 Å². The van der Waals surface area contributed by atoms with Crippen molar-refractivity contribution in [3.63, 3.8) is 0 Å². The molecule has 0 aromatic heterocycles. The number of sulfone groups is 1. The predicted molar refractivity (Wildman–Crippen MR) is 70.0 cm³/mol. The number of benzene rings is 1. The second kappa shape index (κ2) is 4.23. The smallest absolute Gasteiger partial charge is 0.156 e. The van der Waals surface area contributed by atoms with Crippen molar-refractivity contribution in [2.75, 3.05) is 5.75 Å². The van der Waals surface area contributed by atoms with Crippen LogP contribution >= 0.6 is 11.6 Å². The lowest BCUT2D eigenvalue weighted by Crippen LogP contribution is -2.29. The molecule has 1 aliphatic carbocycles. The Labute approximate surface area is 111 Å². The summed E-state index contributed by atoms with van der Waals surface area (Å²) < 4.78 is 23.9. The third-order valence-corrected chi connectivity index (χ3v) is 5.88. The molecule has 1 aromatic rings. The number of halogens is 1. The number of hydrogen-bond donors (Lipinski definition) is 1. The molecule has 0 unspecified atom stereocenters. The van der Waals surface area contributed by atoms with Crippen molar-refractivity contribution in [2.24, 2.45) is 5.73 Å². The Kier molecular flexibility index (Phi) is 3.14. The molecule has 1 aliphatic rings. The zero-order valence-corrected chi connectivity index (χ0v) is 11.4. The monoisotopic (exact) mass is 284 g/mol. The lowest BCUT2D eigenvalue weighted by molar-refractivity contribution is 0.593. The molecule has 0 spiro atoms. The second-order valence-electron chi connectivity index (χ2n) is 4.45. The van der Waals surface area contributed by atoms with Gasteiger partial charge in [0, 0.05) is 16.7 Å². The van der Waals surface area contributed by atoms with Crippen LogP contribution in [0.2, 0.25) is 5.02 Å². The maximum Gasteiger partial charge on any atom is 0.156 e. The van der Waals surface area contributed by atoms with Crippen LogP contribution in [-0.4, -0.2) is 25.0 Å². The molecule has 1 fully saturated rings. The van der Waals surface area contributed by atoms with Crippen LogP contribution in [0.4, 0.5) is 0 Å². The molecule has 0 aliphatic heterocycles. The number of rotatable bonds is 3. The van der Waals surface area contributed by atoms with E-state index in [0.717, 1.165) is 5.56 Å². The van der Waals surface area contributed by atoms with Gasteiger partial charge in [-0.05, 0) is 17.7 Å². The van der Waals surface area contributed by atoms with Crippen LogP contribution in [0.25, 0.3) is 0 Å². The van der Waals surface area contributed by atoms with Gasteiger partial charge in [0.2, 0.25) is 0 Å². The topological polar surface area (TPSA) is 83.9 Å². The van der Waals surface area contributed by atoms with Crippen molar-refractivity contribution in [1.29, 1.82) is 5.26 Å². The highest BCUT2D eigenvalue weighted by atomic mass is 35.5. The van der Waals surface area contributed by atoms with Gasteiger partial charge in [0.1, 0.15) is 10.8 Å². The fourth-order valence-electron chi connectivity index (χ4n) is 2.31.